The molecule has 0 heterocycles. The van der Waals surface area contributed by atoms with Crippen LogP contribution in [0.1, 0.15) is 34.1 Å². The number of hydrogen-bond acceptors (Lipinski definition) is 2. The molecule has 0 aromatic rings. The van der Waals surface area contributed by atoms with Crippen molar-refractivity contribution in [3.63, 3.8) is 0 Å². The lowest BCUT2D eigenvalue weighted by atomic mass is 10.0. The lowest BCUT2D eigenvalue weighted by molar-refractivity contribution is 0.153. The van der Waals surface area contributed by atoms with Gasteiger partial charge in [0.1, 0.15) is 0 Å². The Kier molecular flexibility index (Phi) is 7.81. The van der Waals surface area contributed by atoms with Crippen LogP contribution in [0.2, 0.25) is 0 Å². The van der Waals surface area contributed by atoms with Gasteiger partial charge >= 0.3 is 0 Å². The highest BCUT2D eigenvalue weighted by Crippen LogP contribution is 2.05. The molecule has 84 valence electrons. The second-order valence-electron chi connectivity index (χ2n) is 4.14. The van der Waals surface area contributed by atoms with Crippen LogP contribution in [0.25, 0.3) is 0 Å². The molecule has 2 unspecified atom stereocenters. The van der Waals surface area contributed by atoms with Crippen LogP contribution in [0.15, 0.2) is 12.2 Å². The maximum atomic E-state index is 5.40. The van der Waals surface area contributed by atoms with E-state index in [1.807, 2.05) is 6.92 Å². The molecule has 14 heavy (non-hydrogen) atoms. The van der Waals surface area contributed by atoms with E-state index in [1.54, 1.807) is 0 Å². The molecule has 0 aliphatic carbocycles. The summed E-state index contributed by atoms with van der Waals surface area (Å²) in [4.78, 5) is 0. The first-order chi connectivity index (χ1) is 6.57. The van der Waals surface area contributed by atoms with Crippen molar-refractivity contribution in [2.45, 2.75) is 40.2 Å². The molecule has 2 nitrogen and oxygen atoms in total. The Morgan fingerprint density at radius 3 is 2.57 bits per heavy atom. The Bertz CT molecular complexity index is 156. The molecule has 1 N–H and O–H groups in total. The molecule has 0 fully saturated rings. The minimum Gasteiger partial charge on any atom is -0.376 e. The average molecular weight is 199 g/mol. The first-order valence-corrected chi connectivity index (χ1v) is 5.53. The second kappa shape index (κ2) is 8.01. The summed E-state index contributed by atoms with van der Waals surface area (Å²) < 4.78 is 5.40. The van der Waals surface area contributed by atoms with E-state index in [0.29, 0.717) is 12.6 Å². The maximum Gasteiger partial charge on any atom is 0.0672 e. The SMILES string of the molecule is C=C(C)COCCNC(C)C(C)CC. The van der Waals surface area contributed by atoms with Crippen molar-refractivity contribution in [2.75, 3.05) is 19.8 Å². The van der Waals surface area contributed by atoms with E-state index in [-0.39, 0.29) is 0 Å². The average Bonchev–Trinajstić information content (AvgIpc) is 2.15. The summed E-state index contributed by atoms with van der Waals surface area (Å²) in [6.45, 7) is 14.9. The molecule has 0 bridgehead atoms. The van der Waals surface area contributed by atoms with Crippen LogP contribution in [0, 0.1) is 5.92 Å². The van der Waals surface area contributed by atoms with Crippen molar-refractivity contribution < 1.29 is 4.74 Å². The third-order valence-electron chi connectivity index (χ3n) is 2.56. The lowest BCUT2D eigenvalue weighted by Crippen LogP contribution is -2.34. The summed E-state index contributed by atoms with van der Waals surface area (Å²) in [5, 5.41) is 3.45. The topological polar surface area (TPSA) is 21.3 Å². The largest absolute Gasteiger partial charge is 0.376 e. The van der Waals surface area contributed by atoms with Crippen LogP contribution < -0.4 is 5.32 Å². The molecule has 0 aromatic heterocycles. The molecule has 0 saturated carbocycles. The zero-order valence-corrected chi connectivity index (χ0v) is 10.1. The summed E-state index contributed by atoms with van der Waals surface area (Å²) in [5.74, 6) is 0.733. The van der Waals surface area contributed by atoms with E-state index < -0.39 is 0 Å². The van der Waals surface area contributed by atoms with Crippen LogP contribution in [-0.4, -0.2) is 25.8 Å². The van der Waals surface area contributed by atoms with Gasteiger partial charge in [-0.05, 0) is 19.8 Å². The third kappa shape index (κ3) is 7.10. The van der Waals surface area contributed by atoms with E-state index in [0.717, 1.165) is 24.6 Å². The Morgan fingerprint density at radius 2 is 2.07 bits per heavy atom. The highest BCUT2D eigenvalue weighted by atomic mass is 16.5. The normalized spacial score (nSPS) is 15.1. The number of nitrogens with one attached hydrogen (secondary N) is 1. The summed E-state index contributed by atoms with van der Waals surface area (Å²) in [7, 11) is 0. The Hall–Kier alpha value is -0.340. The molecule has 2 heteroatoms. The molecule has 0 aromatic carbocycles. The number of hydrogen-bond donors (Lipinski definition) is 1. The van der Waals surface area contributed by atoms with Crippen molar-refractivity contribution in [2.24, 2.45) is 5.92 Å². The van der Waals surface area contributed by atoms with Gasteiger partial charge in [-0.3, -0.25) is 0 Å². The second-order valence-corrected chi connectivity index (χ2v) is 4.14. The van der Waals surface area contributed by atoms with E-state index >= 15 is 0 Å². The van der Waals surface area contributed by atoms with Gasteiger partial charge in [0.25, 0.3) is 0 Å². The van der Waals surface area contributed by atoms with Crippen LogP contribution in [0.4, 0.5) is 0 Å². The van der Waals surface area contributed by atoms with Crippen LogP contribution in [0.3, 0.4) is 0 Å². The van der Waals surface area contributed by atoms with Crippen LogP contribution in [-0.2, 0) is 4.74 Å². The van der Waals surface area contributed by atoms with E-state index in [4.69, 9.17) is 4.74 Å². The number of rotatable bonds is 8. The monoisotopic (exact) mass is 199 g/mol. The molecule has 2 atom stereocenters. The van der Waals surface area contributed by atoms with Gasteiger partial charge in [-0.2, -0.15) is 0 Å². The lowest BCUT2D eigenvalue weighted by Gasteiger charge is -2.19. The van der Waals surface area contributed by atoms with Crippen LogP contribution in [0.5, 0.6) is 0 Å². The zero-order chi connectivity index (χ0) is 11.0. The van der Waals surface area contributed by atoms with Gasteiger partial charge in [0, 0.05) is 12.6 Å². The number of ether oxygens (including phenoxy) is 1. The summed E-state index contributed by atoms with van der Waals surface area (Å²) in [5.41, 5.74) is 1.08. The van der Waals surface area contributed by atoms with Gasteiger partial charge in [0.15, 0.2) is 0 Å². The minimum absolute atomic E-state index is 0.577. The molecule has 0 aliphatic heterocycles. The first-order valence-electron chi connectivity index (χ1n) is 5.53. The van der Waals surface area contributed by atoms with Crippen LogP contribution >= 0.6 is 0 Å². The fourth-order valence-corrected chi connectivity index (χ4v) is 1.16. The summed E-state index contributed by atoms with van der Waals surface area (Å²) >= 11 is 0. The smallest absolute Gasteiger partial charge is 0.0672 e. The molecular weight excluding hydrogens is 174 g/mol. The van der Waals surface area contributed by atoms with Gasteiger partial charge in [-0.1, -0.05) is 32.4 Å². The minimum atomic E-state index is 0.577. The zero-order valence-electron chi connectivity index (χ0n) is 10.1. The maximum absolute atomic E-state index is 5.40. The predicted molar refractivity (Wildman–Crippen MR) is 62.6 cm³/mol. The molecule has 0 aliphatic rings. The fourth-order valence-electron chi connectivity index (χ4n) is 1.16. The standard InChI is InChI=1S/C12H25NO/c1-6-11(4)12(5)13-7-8-14-9-10(2)3/h11-13H,2,6-9H2,1,3-5H3. The van der Waals surface area contributed by atoms with Crippen molar-refractivity contribution in [1.82, 2.24) is 5.32 Å². The summed E-state index contributed by atoms with van der Waals surface area (Å²) in [6.07, 6.45) is 1.22. The van der Waals surface area contributed by atoms with E-state index in [2.05, 4.69) is 32.7 Å². The molecule has 0 rings (SSSR count). The fraction of sp³-hybridized carbons (Fsp3) is 0.833. The van der Waals surface area contributed by atoms with Crippen molar-refractivity contribution in [3.8, 4) is 0 Å². The van der Waals surface area contributed by atoms with Gasteiger partial charge < -0.3 is 10.1 Å². The van der Waals surface area contributed by atoms with Gasteiger partial charge in [-0.15, -0.1) is 0 Å². The van der Waals surface area contributed by atoms with Crippen molar-refractivity contribution >= 4 is 0 Å². The van der Waals surface area contributed by atoms with Crippen molar-refractivity contribution in [1.29, 1.82) is 0 Å². The van der Waals surface area contributed by atoms with Gasteiger partial charge in [0.2, 0.25) is 0 Å². The molecular formula is C12H25NO. The molecule has 0 spiro atoms. The quantitative estimate of drug-likeness (QED) is 0.479. The van der Waals surface area contributed by atoms with Crippen molar-refractivity contribution in [3.05, 3.63) is 12.2 Å². The highest BCUT2D eigenvalue weighted by Gasteiger charge is 2.07. The van der Waals surface area contributed by atoms with Gasteiger partial charge in [0.05, 0.1) is 13.2 Å². The molecule has 0 radical (unpaired) electrons. The first kappa shape index (κ1) is 13.7. The highest BCUT2D eigenvalue weighted by molar-refractivity contribution is 4.87. The van der Waals surface area contributed by atoms with E-state index in [1.165, 1.54) is 6.42 Å². The predicted octanol–water partition coefficient (Wildman–Crippen LogP) is 2.60. The molecule has 0 amide bonds. The summed E-state index contributed by atoms with van der Waals surface area (Å²) in [6, 6.07) is 0.577. The Balaban J connectivity index is 3.31. The Labute approximate surface area is 88.7 Å². The third-order valence-corrected chi connectivity index (χ3v) is 2.56. The Morgan fingerprint density at radius 1 is 1.43 bits per heavy atom. The van der Waals surface area contributed by atoms with E-state index in [9.17, 15) is 0 Å². The van der Waals surface area contributed by atoms with Gasteiger partial charge in [-0.25, -0.2) is 0 Å². The molecule has 0 saturated heterocycles.